The van der Waals surface area contributed by atoms with Gasteiger partial charge in [0.1, 0.15) is 4.88 Å². The molecule has 6 heteroatoms. The number of hydrogen-bond acceptors (Lipinski definition) is 5. The van der Waals surface area contributed by atoms with Crippen LogP contribution in [0.25, 0.3) is 0 Å². The molecule has 1 saturated carbocycles. The third-order valence-corrected chi connectivity index (χ3v) is 4.35. The van der Waals surface area contributed by atoms with Gasteiger partial charge in [-0.25, -0.2) is 0 Å². The van der Waals surface area contributed by atoms with Crippen molar-refractivity contribution in [1.29, 1.82) is 0 Å². The standard InChI is InChI=1S/C12H20N4OS/c1-2-5-9-10(18-16-15-9)11(17)14-12(8-13)6-3-4-7-12/h2-8,13H2,1H3,(H,14,17). The van der Waals surface area contributed by atoms with Gasteiger partial charge in [0, 0.05) is 6.54 Å². The molecule has 0 radical (unpaired) electrons. The van der Waals surface area contributed by atoms with E-state index in [4.69, 9.17) is 5.73 Å². The molecule has 1 fully saturated rings. The van der Waals surface area contributed by atoms with Crippen LogP contribution < -0.4 is 11.1 Å². The van der Waals surface area contributed by atoms with E-state index in [1.165, 1.54) is 11.5 Å². The smallest absolute Gasteiger partial charge is 0.265 e. The number of hydrogen-bond donors (Lipinski definition) is 2. The summed E-state index contributed by atoms with van der Waals surface area (Å²) in [7, 11) is 0. The van der Waals surface area contributed by atoms with Crippen molar-refractivity contribution >= 4 is 17.4 Å². The molecule has 1 aliphatic rings. The number of nitrogens with one attached hydrogen (secondary N) is 1. The second-order valence-electron chi connectivity index (χ2n) is 4.94. The van der Waals surface area contributed by atoms with Crippen LogP contribution in [0, 0.1) is 0 Å². The van der Waals surface area contributed by atoms with Gasteiger partial charge in [0.15, 0.2) is 0 Å². The maximum Gasteiger partial charge on any atom is 0.265 e. The number of carbonyl (C=O) groups is 1. The Balaban J connectivity index is 2.09. The predicted molar refractivity (Wildman–Crippen MR) is 71.6 cm³/mol. The highest BCUT2D eigenvalue weighted by Gasteiger charge is 2.35. The summed E-state index contributed by atoms with van der Waals surface area (Å²) in [6, 6.07) is 0. The molecule has 0 aromatic carbocycles. The highest BCUT2D eigenvalue weighted by Crippen LogP contribution is 2.29. The van der Waals surface area contributed by atoms with Gasteiger partial charge in [0.2, 0.25) is 0 Å². The maximum atomic E-state index is 12.3. The Bertz CT molecular complexity index is 412. The van der Waals surface area contributed by atoms with Crippen molar-refractivity contribution in [1.82, 2.24) is 14.9 Å². The summed E-state index contributed by atoms with van der Waals surface area (Å²) in [5, 5.41) is 7.14. The van der Waals surface area contributed by atoms with E-state index in [1.807, 2.05) is 0 Å². The van der Waals surface area contributed by atoms with Crippen LogP contribution in [0.1, 0.15) is 54.4 Å². The molecule has 0 saturated heterocycles. The van der Waals surface area contributed by atoms with E-state index in [-0.39, 0.29) is 11.4 Å². The van der Waals surface area contributed by atoms with Crippen molar-refractivity contribution in [3.05, 3.63) is 10.6 Å². The largest absolute Gasteiger partial charge is 0.345 e. The summed E-state index contributed by atoms with van der Waals surface area (Å²) in [4.78, 5) is 12.9. The average molecular weight is 268 g/mol. The van der Waals surface area contributed by atoms with Gasteiger partial charge in [0.25, 0.3) is 5.91 Å². The molecule has 1 aromatic heterocycles. The molecular formula is C12H20N4OS. The molecule has 1 amide bonds. The molecule has 0 spiro atoms. The highest BCUT2D eigenvalue weighted by atomic mass is 32.1. The Morgan fingerprint density at radius 2 is 2.22 bits per heavy atom. The minimum Gasteiger partial charge on any atom is -0.345 e. The molecule has 2 rings (SSSR count). The number of rotatable bonds is 5. The van der Waals surface area contributed by atoms with Crippen LogP contribution in [0.4, 0.5) is 0 Å². The SMILES string of the molecule is CCCc1nnsc1C(=O)NC1(CN)CCCC1. The van der Waals surface area contributed by atoms with Crippen LogP contribution in [0.5, 0.6) is 0 Å². The van der Waals surface area contributed by atoms with Crippen molar-refractivity contribution in [3.8, 4) is 0 Å². The first-order valence-corrected chi connectivity index (χ1v) is 7.32. The van der Waals surface area contributed by atoms with E-state index in [2.05, 4.69) is 21.8 Å². The molecule has 0 unspecified atom stereocenters. The van der Waals surface area contributed by atoms with Gasteiger partial charge in [-0.2, -0.15) is 0 Å². The number of aromatic nitrogens is 2. The Morgan fingerprint density at radius 1 is 1.50 bits per heavy atom. The third kappa shape index (κ3) is 2.70. The molecule has 0 bridgehead atoms. The fourth-order valence-electron chi connectivity index (χ4n) is 2.51. The number of carbonyl (C=O) groups excluding carboxylic acids is 1. The zero-order valence-corrected chi connectivity index (χ0v) is 11.6. The van der Waals surface area contributed by atoms with Gasteiger partial charge in [-0.15, -0.1) is 5.10 Å². The van der Waals surface area contributed by atoms with Gasteiger partial charge in [0.05, 0.1) is 11.2 Å². The average Bonchev–Trinajstić information content (AvgIpc) is 2.99. The van der Waals surface area contributed by atoms with Crippen molar-refractivity contribution in [2.24, 2.45) is 5.73 Å². The first kappa shape index (κ1) is 13.4. The summed E-state index contributed by atoms with van der Waals surface area (Å²) in [5.74, 6) is -0.0548. The fourth-order valence-corrected chi connectivity index (χ4v) is 3.11. The van der Waals surface area contributed by atoms with E-state index >= 15 is 0 Å². The molecule has 18 heavy (non-hydrogen) atoms. The zero-order chi connectivity index (χ0) is 13.0. The number of aryl methyl sites for hydroxylation is 1. The zero-order valence-electron chi connectivity index (χ0n) is 10.7. The van der Waals surface area contributed by atoms with E-state index in [0.29, 0.717) is 11.4 Å². The molecule has 3 N–H and O–H groups in total. The predicted octanol–water partition coefficient (Wildman–Crippen LogP) is 1.49. The summed E-state index contributed by atoms with van der Waals surface area (Å²) < 4.78 is 3.88. The van der Waals surface area contributed by atoms with Crippen LogP contribution in [0.3, 0.4) is 0 Å². The minimum absolute atomic E-state index is 0.0548. The van der Waals surface area contributed by atoms with Crippen molar-refractivity contribution in [3.63, 3.8) is 0 Å². The Labute approximate surface area is 111 Å². The van der Waals surface area contributed by atoms with Crippen LogP contribution in [0.2, 0.25) is 0 Å². The van der Waals surface area contributed by atoms with E-state index in [9.17, 15) is 4.79 Å². The van der Waals surface area contributed by atoms with Crippen molar-refractivity contribution < 1.29 is 4.79 Å². The quantitative estimate of drug-likeness (QED) is 0.848. The van der Waals surface area contributed by atoms with Gasteiger partial charge in [-0.3, -0.25) is 4.79 Å². The van der Waals surface area contributed by atoms with E-state index in [1.54, 1.807) is 0 Å². The first-order valence-electron chi connectivity index (χ1n) is 6.54. The Kier molecular flexibility index (Phi) is 4.29. The maximum absolute atomic E-state index is 12.3. The van der Waals surface area contributed by atoms with Crippen LogP contribution in [-0.4, -0.2) is 27.6 Å². The topological polar surface area (TPSA) is 80.9 Å². The van der Waals surface area contributed by atoms with Gasteiger partial charge >= 0.3 is 0 Å². The van der Waals surface area contributed by atoms with Crippen LogP contribution >= 0.6 is 11.5 Å². The summed E-state index contributed by atoms with van der Waals surface area (Å²) in [5.41, 5.74) is 6.43. The second-order valence-corrected chi connectivity index (χ2v) is 5.70. The van der Waals surface area contributed by atoms with Gasteiger partial charge in [-0.05, 0) is 30.8 Å². The highest BCUT2D eigenvalue weighted by molar-refractivity contribution is 7.08. The van der Waals surface area contributed by atoms with E-state index < -0.39 is 0 Å². The Morgan fingerprint density at radius 3 is 2.83 bits per heavy atom. The van der Waals surface area contributed by atoms with Gasteiger partial charge in [-0.1, -0.05) is 30.7 Å². The normalized spacial score (nSPS) is 17.9. The molecular weight excluding hydrogens is 248 g/mol. The van der Waals surface area contributed by atoms with Crippen molar-refractivity contribution in [2.75, 3.05) is 6.54 Å². The second kappa shape index (κ2) is 5.75. The lowest BCUT2D eigenvalue weighted by molar-refractivity contribution is 0.0906. The van der Waals surface area contributed by atoms with E-state index in [0.717, 1.165) is 44.2 Å². The summed E-state index contributed by atoms with van der Waals surface area (Å²) in [6.45, 7) is 2.58. The molecule has 0 aliphatic heterocycles. The lowest BCUT2D eigenvalue weighted by Gasteiger charge is -2.28. The van der Waals surface area contributed by atoms with Crippen LogP contribution in [-0.2, 0) is 6.42 Å². The van der Waals surface area contributed by atoms with Crippen LogP contribution in [0.15, 0.2) is 0 Å². The molecule has 1 heterocycles. The summed E-state index contributed by atoms with van der Waals surface area (Å²) >= 11 is 1.18. The first-order chi connectivity index (χ1) is 8.71. The minimum atomic E-state index is -0.204. The molecule has 100 valence electrons. The lowest BCUT2D eigenvalue weighted by atomic mass is 9.97. The third-order valence-electron chi connectivity index (χ3n) is 3.58. The van der Waals surface area contributed by atoms with Crippen molar-refractivity contribution in [2.45, 2.75) is 51.0 Å². The lowest BCUT2D eigenvalue weighted by Crippen LogP contribution is -2.51. The summed E-state index contributed by atoms with van der Waals surface area (Å²) in [6.07, 6.45) is 6.00. The molecule has 5 nitrogen and oxygen atoms in total. The molecule has 0 atom stereocenters. The molecule has 1 aliphatic carbocycles. The fraction of sp³-hybridized carbons (Fsp3) is 0.750. The number of nitrogens with zero attached hydrogens (tertiary/aromatic N) is 2. The van der Waals surface area contributed by atoms with Gasteiger partial charge < -0.3 is 11.1 Å². The number of amides is 1. The number of nitrogens with two attached hydrogens (primary N) is 1. The monoisotopic (exact) mass is 268 g/mol. The molecule has 1 aromatic rings. The Hall–Kier alpha value is -1.01.